The first-order valence-electron chi connectivity index (χ1n) is 4.29. The number of rotatable bonds is 5. The molecule has 1 atom stereocenters. The van der Waals surface area contributed by atoms with Crippen LogP contribution in [0, 0.1) is 5.92 Å². The summed E-state index contributed by atoms with van der Waals surface area (Å²) in [4.78, 5) is 0. The molecule has 0 amide bonds. The van der Waals surface area contributed by atoms with E-state index in [2.05, 4.69) is 12.2 Å². The van der Waals surface area contributed by atoms with E-state index in [1.807, 2.05) is 0 Å². The van der Waals surface area contributed by atoms with E-state index in [1.54, 1.807) is 0 Å². The molecule has 0 bridgehead atoms. The summed E-state index contributed by atoms with van der Waals surface area (Å²) in [5.41, 5.74) is 5.72. The van der Waals surface area contributed by atoms with Crippen molar-refractivity contribution in [3.63, 3.8) is 0 Å². The van der Waals surface area contributed by atoms with Crippen LogP contribution >= 0.6 is 0 Å². The lowest BCUT2D eigenvalue weighted by atomic mass is 10.2. The van der Waals surface area contributed by atoms with Crippen LogP contribution < -0.4 is 11.1 Å². The molecule has 0 aliphatic heterocycles. The van der Waals surface area contributed by atoms with Crippen molar-refractivity contribution >= 4 is 0 Å². The molecule has 1 fully saturated rings. The molecule has 60 valence electrons. The lowest BCUT2D eigenvalue weighted by Crippen LogP contribution is -2.34. The normalized spacial score (nSPS) is 21.0. The quantitative estimate of drug-likeness (QED) is 0.593. The molecule has 0 heterocycles. The van der Waals surface area contributed by atoms with E-state index in [4.69, 9.17) is 5.73 Å². The summed E-state index contributed by atoms with van der Waals surface area (Å²) in [5, 5.41) is 3.37. The molecular formula is C8H18N2. The monoisotopic (exact) mass is 142 g/mol. The first kappa shape index (κ1) is 8.02. The van der Waals surface area contributed by atoms with E-state index in [0.717, 1.165) is 18.9 Å². The zero-order valence-corrected chi connectivity index (χ0v) is 6.77. The molecule has 1 aliphatic rings. The SMILES string of the molecule is CC[C@H](N)CNCC1CC1. The van der Waals surface area contributed by atoms with Gasteiger partial charge in [-0.25, -0.2) is 0 Å². The third kappa shape index (κ3) is 3.18. The molecule has 1 rings (SSSR count). The van der Waals surface area contributed by atoms with Crippen molar-refractivity contribution in [2.24, 2.45) is 11.7 Å². The molecule has 0 saturated heterocycles. The van der Waals surface area contributed by atoms with Gasteiger partial charge in [-0.05, 0) is 31.7 Å². The minimum atomic E-state index is 0.360. The Morgan fingerprint density at radius 2 is 2.30 bits per heavy atom. The molecule has 0 radical (unpaired) electrons. The number of nitrogens with one attached hydrogen (secondary N) is 1. The van der Waals surface area contributed by atoms with Gasteiger partial charge in [-0.15, -0.1) is 0 Å². The molecule has 0 aromatic heterocycles. The Bertz CT molecular complexity index is 89.3. The Labute approximate surface area is 63.2 Å². The number of nitrogens with two attached hydrogens (primary N) is 1. The topological polar surface area (TPSA) is 38.0 Å². The van der Waals surface area contributed by atoms with E-state index in [0.29, 0.717) is 6.04 Å². The molecule has 1 aliphatic carbocycles. The van der Waals surface area contributed by atoms with E-state index in [-0.39, 0.29) is 0 Å². The molecule has 2 nitrogen and oxygen atoms in total. The Balaban J connectivity index is 1.83. The zero-order chi connectivity index (χ0) is 7.40. The van der Waals surface area contributed by atoms with Crippen LogP contribution in [-0.4, -0.2) is 19.1 Å². The van der Waals surface area contributed by atoms with Gasteiger partial charge in [-0.2, -0.15) is 0 Å². The van der Waals surface area contributed by atoms with Crippen LogP contribution in [0.2, 0.25) is 0 Å². The Morgan fingerprint density at radius 1 is 1.60 bits per heavy atom. The predicted octanol–water partition coefficient (Wildman–Crippen LogP) is 0.723. The van der Waals surface area contributed by atoms with Crippen molar-refractivity contribution in [2.45, 2.75) is 32.2 Å². The fourth-order valence-corrected chi connectivity index (χ4v) is 0.939. The van der Waals surface area contributed by atoms with Crippen molar-refractivity contribution in [1.82, 2.24) is 5.32 Å². The van der Waals surface area contributed by atoms with Crippen LogP contribution in [0.1, 0.15) is 26.2 Å². The molecule has 0 spiro atoms. The highest BCUT2D eigenvalue weighted by Crippen LogP contribution is 2.27. The fraction of sp³-hybridized carbons (Fsp3) is 1.00. The highest BCUT2D eigenvalue weighted by molar-refractivity contribution is 4.76. The van der Waals surface area contributed by atoms with Gasteiger partial charge in [0, 0.05) is 12.6 Å². The van der Waals surface area contributed by atoms with Gasteiger partial charge in [0.2, 0.25) is 0 Å². The Hall–Kier alpha value is -0.0800. The first-order valence-corrected chi connectivity index (χ1v) is 4.29. The van der Waals surface area contributed by atoms with Crippen LogP contribution in [0.3, 0.4) is 0 Å². The average molecular weight is 142 g/mol. The highest BCUT2D eigenvalue weighted by Gasteiger charge is 2.20. The molecule has 0 aromatic rings. The van der Waals surface area contributed by atoms with Gasteiger partial charge in [-0.1, -0.05) is 6.92 Å². The zero-order valence-electron chi connectivity index (χ0n) is 6.77. The molecule has 10 heavy (non-hydrogen) atoms. The number of hydrogen-bond donors (Lipinski definition) is 2. The largest absolute Gasteiger partial charge is 0.327 e. The maximum atomic E-state index is 5.72. The third-order valence-electron chi connectivity index (χ3n) is 2.06. The van der Waals surface area contributed by atoms with Crippen molar-refractivity contribution in [3.05, 3.63) is 0 Å². The van der Waals surface area contributed by atoms with Gasteiger partial charge in [0.05, 0.1) is 0 Å². The van der Waals surface area contributed by atoms with E-state index < -0.39 is 0 Å². The van der Waals surface area contributed by atoms with Gasteiger partial charge in [0.1, 0.15) is 0 Å². The van der Waals surface area contributed by atoms with Gasteiger partial charge in [0.25, 0.3) is 0 Å². The van der Waals surface area contributed by atoms with Crippen LogP contribution in [-0.2, 0) is 0 Å². The van der Waals surface area contributed by atoms with Crippen molar-refractivity contribution in [3.8, 4) is 0 Å². The van der Waals surface area contributed by atoms with Crippen molar-refractivity contribution < 1.29 is 0 Å². The second-order valence-electron chi connectivity index (χ2n) is 3.27. The van der Waals surface area contributed by atoms with Gasteiger partial charge >= 0.3 is 0 Å². The minimum absolute atomic E-state index is 0.360. The summed E-state index contributed by atoms with van der Waals surface area (Å²) >= 11 is 0. The van der Waals surface area contributed by atoms with Crippen LogP contribution in [0.4, 0.5) is 0 Å². The summed E-state index contributed by atoms with van der Waals surface area (Å²) < 4.78 is 0. The summed E-state index contributed by atoms with van der Waals surface area (Å²) in [5.74, 6) is 0.976. The van der Waals surface area contributed by atoms with Crippen LogP contribution in [0.15, 0.2) is 0 Å². The van der Waals surface area contributed by atoms with E-state index in [1.165, 1.54) is 19.4 Å². The second-order valence-corrected chi connectivity index (χ2v) is 3.27. The lowest BCUT2D eigenvalue weighted by molar-refractivity contribution is 0.547. The predicted molar refractivity (Wildman–Crippen MR) is 43.9 cm³/mol. The Morgan fingerprint density at radius 3 is 2.80 bits per heavy atom. The molecule has 0 unspecified atom stereocenters. The summed E-state index contributed by atoms with van der Waals surface area (Å²) in [7, 11) is 0. The lowest BCUT2D eigenvalue weighted by Gasteiger charge is -2.08. The highest BCUT2D eigenvalue weighted by atomic mass is 14.9. The minimum Gasteiger partial charge on any atom is -0.327 e. The summed E-state index contributed by atoms with van der Waals surface area (Å²) in [6, 6.07) is 0.360. The van der Waals surface area contributed by atoms with E-state index >= 15 is 0 Å². The van der Waals surface area contributed by atoms with Crippen LogP contribution in [0.5, 0.6) is 0 Å². The number of hydrogen-bond acceptors (Lipinski definition) is 2. The molecular weight excluding hydrogens is 124 g/mol. The molecule has 1 saturated carbocycles. The molecule has 3 N–H and O–H groups in total. The van der Waals surface area contributed by atoms with E-state index in [9.17, 15) is 0 Å². The van der Waals surface area contributed by atoms with Gasteiger partial charge in [-0.3, -0.25) is 0 Å². The molecule has 2 heteroatoms. The average Bonchev–Trinajstić information content (AvgIpc) is 2.71. The standard InChI is InChI=1S/C8H18N2/c1-2-8(9)6-10-5-7-3-4-7/h7-8,10H,2-6,9H2,1H3/t8-/m0/s1. The third-order valence-corrected chi connectivity index (χ3v) is 2.06. The summed E-state index contributed by atoms with van der Waals surface area (Å²) in [6.45, 7) is 4.31. The molecule has 0 aromatic carbocycles. The fourth-order valence-electron chi connectivity index (χ4n) is 0.939. The maximum absolute atomic E-state index is 5.72. The van der Waals surface area contributed by atoms with Gasteiger partial charge < -0.3 is 11.1 Å². The Kier molecular flexibility index (Phi) is 3.16. The summed E-state index contributed by atoms with van der Waals surface area (Å²) in [6.07, 6.45) is 3.93. The second kappa shape index (κ2) is 3.94. The van der Waals surface area contributed by atoms with Crippen molar-refractivity contribution in [2.75, 3.05) is 13.1 Å². The smallest absolute Gasteiger partial charge is 0.0162 e. The van der Waals surface area contributed by atoms with Gasteiger partial charge in [0.15, 0.2) is 0 Å². The first-order chi connectivity index (χ1) is 4.83. The maximum Gasteiger partial charge on any atom is 0.0162 e. The van der Waals surface area contributed by atoms with Crippen molar-refractivity contribution in [1.29, 1.82) is 0 Å². The van der Waals surface area contributed by atoms with Crippen LogP contribution in [0.25, 0.3) is 0 Å².